The molecule has 0 radical (unpaired) electrons. The number of hydrogen-bond acceptors (Lipinski definition) is 6. The van der Waals surface area contributed by atoms with E-state index in [1.165, 1.54) is 55.1 Å². The van der Waals surface area contributed by atoms with E-state index in [0.717, 1.165) is 4.90 Å². The Morgan fingerprint density at radius 2 is 1.65 bits per heavy atom. The summed E-state index contributed by atoms with van der Waals surface area (Å²) in [6, 6.07) is 11.4. The minimum Gasteiger partial charge on any atom is -0.453 e. The number of ether oxygens (including phenoxy) is 1. The number of esters is 1. The van der Waals surface area contributed by atoms with Crippen molar-refractivity contribution in [3.63, 3.8) is 0 Å². The van der Waals surface area contributed by atoms with Crippen LogP contribution in [0.15, 0.2) is 58.3 Å². The predicted octanol–water partition coefficient (Wildman–Crippen LogP) is 3.57. The zero-order valence-electron chi connectivity index (χ0n) is 17.4. The minimum atomic E-state index is -3.62. The largest absolute Gasteiger partial charge is 0.453 e. The van der Waals surface area contributed by atoms with Gasteiger partial charge in [0.2, 0.25) is 10.0 Å². The average Bonchev–Trinajstić information content (AvgIpc) is 2.69. The Balaban J connectivity index is 1.80. The smallest absolute Gasteiger partial charge is 0.307 e. The predicted molar refractivity (Wildman–Crippen MR) is 118 cm³/mol. The number of nitrogens with one attached hydrogen (secondary N) is 2. The Morgan fingerprint density at radius 1 is 1.03 bits per heavy atom. The van der Waals surface area contributed by atoms with Gasteiger partial charge in [-0.2, -0.15) is 0 Å². The van der Waals surface area contributed by atoms with Crippen LogP contribution in [0.5, 0.6) is 0 Å². The van der Waals surface area contributed by atoms with Gasteiger partial charge in [-0.1, -0.05) is 0 Å². The van der Waals surface area contributed by atoms with E-state index in [2.05, 4.69) is 10.0 Å². The second-order valence-electron chi connectivity index (χ2n) is 6.97. The second kappa shape index (κ2) is 11.3. The molecule has 1 unspecified atom stereocenters. The van der Waals surface area contributed by atoms with Crippen LogP contribution in [0.3, 0.4) is 0 Å². The molecule has 0 saturated carbocycles. The zero-order valence-corrected chi connectivity index (χ0v) is 19.1. The van der Waals surface area contributed by atoms with Crippen LogP contribution in [0.4, 0.5) is 10.1 Å². The van der Waals surface area contributed by atoms with Gasteiger partial charge in [-0.3, -0.25) is 9.59 Å². The summed E-state index contributed by atoms with van der Waals surface area (Å²) in [5.74, 6) is -0.958. The van der Waals surface area contributed by atoms with Gasteiger partial charge in [0.15, 0.2) is 6.10 Å². The van der Waals surface area contributed by atoms with E-state index in [1.807, 2.05) is 0 Å². The van der Waals surface area contributed by atoms with Gasteiger partial charge in [0.05, 0.1) is 11.3 Å². The van der Waals surface area contributed by atoms with Crippen molar-refractivity contribution in [1.82, 2.24) is 4.72 Å². The van der Waals surface area contributed by atoms with E-state index in [-0.39, 0.29) is 23.2 Å². The highest BCUT2D eigenvalue weighted by molar-refractivity contribution is 7.99. The first-order valence-corrected chi connectivity index (χ1v) is 12.0. The molecule has 7 nitrogen and oxygen atoms in total. The van der Waals surface area contributed by atoms with Gasteiger partial charge in [0.1, 0.15) is 5.82 Å². The maximum atomic E-state index is 12.9. The summed E-state index contributed by atoms with van der Waals surface area (Å²) in [6.45, 7) is 4.89. The maximum Gasteiger partial charge on any atom is 0.307 e. The van der Waals surface area contributed by atoms with Gasteiger partial charge >= 0.3 is 5.97 Å². The SMILES string of the molecule is CC(C)NS(=O)(=O)c1ccc(NC(=O)C(C)OC(=O)CCSc2ccc(F)cc2)cc1. The molecule has 0 aliphatic heterocycles. The molecule has 0 heterocycles. The van der Waals surface area contributed by atoms with Crippen LogP contribution >= 0.6 is 11.8 Å². The molecule has 0 spiro atoms. The lowest BCUT2D eigenvalue weighted by atomic mass is 10.3. The lowest BCUT2D eigenvalue weighted by Gasteiger charge is -2.14. The monoisotopic (exact) mass is 468 g/mol. The molecule has 0 saturated heterocycles. The number of carbonyl (C=O) groups is 2. The Labute approximate surface area is 185 Å². The topological polar surface area (TPSA) is 102 Å². The number of thioether (sulfide) groups is 1. The molecule has 2 rings (SSSR count). The summed E-state index contributed by atoms with van der Waals surface area (Å²) in [5, 5.41) is 2.58. The van der Waals surface area contributed by atoms with Crippen LogP contribution in [0.2, 0.25) is 0 Å². The lowest BCUT2D eigenvalue weighted by molar-refractivity contribution is -0.152. The number of anilines is 1. The normalized spacial score (nSPS) is 12.4. The first-order valence-electron chi connectivity index (χ1n) is 9.58. The van der Waals surface area contributed by atoms with Crippen molar-refractivity contribution < 1.29 is 27.1 Å². The van der Waals surface area contributed by atoms with E-state index in [9.17, 15) is 22.4 Å². The summed E-state index contributed by atoms with van der Waals surface area (Å²) < 4.78 is 44.7. The summed E-state index contributed by atoms with van der Waals surface area (Å²) in [6.07, 6.45) is -0.927. The van der Waals surface area contributed by atoms with E-state index in [4.69, 9.17) is 4.74 Å². The third kappa shape index (κ3) is 8.31. The maximum absolute atomic E-state index is 12.9. The number of hydrogen-bond donors (Lipinski definition) is 2. The molecule has 10 heteroatoms. The molecule has 0 fully saturated rings. The third-order valence-corrected chi connectivity index (χ3v) is 6.58. The van der Waals surface area contributed by atoms with Crippen molar-refractivity contribution in [2.24, 2.45) is 0 Å². The van der Waals surface area contributed by atoms with Crippen LogP contribution in [-0.2, 0) is 24.3 Å². The Bertz CT molecular complexity index is 993. The first-order chi connectivity index (χ1) is 14.6. The fourth-order valence-electron chi connectivity index (χ4n) is 2.43. The van der Waals surface area contributed by atoms with Gasteiger partial charge < -0.3 is 10.1 Å². The average molecular weight is 469 g/mol. The van der Waals surface area contributed by atoms with Crippen LogP contribution in [0, 0.1) is 5.82 Å². The van der Waals surface area contributed by atoms with Gasteiger partial charge in [-0.25, -0.2) is 17.5 Å². The van der Waals surface area contributed by atoms with Crippen LogP contribution < -0.4 is 10.0 Å². The molecule has 0 aliphatic carbocycles. The van der Waals surface area contributed by atoms with Crippen molar-refractivity contribution in [1.29, 1.82) is 0 Å². The third-order valence-electron chi connectivity index (χ3n) is 3.89. The van der Waals surface area contributed by atoms with E-state index in [1.54, 1.807) is 26.0 Å². The van der Waals surface area contributed by atoms with Crippen LogP contribution in [0.25, 0.3) is 0 Å². The number of carbonyl (C=O) groups excluding carboxylic acids is 2. The fraction of sp³-hybridized carbons (Fsp3) is 0.333. The summed E-state index contributed by atoms with van der Waals surface area (Å²) in [5.41, 5.74) is 0.378. The number of halogens is 1. The quantitative estimate of drug-likeness (QED) is 0.408. The van der Waals surface area contributed by atoms with Gasteiger partial charge in [-0.15, -0.1) is 11.8 Å². The fourth-order valence-corrected chi connectivity index (χ4v) is 4.52. The minimum absolute atomic E-state index is 0.0809. The zero-order chi connectivity index (χ0) is 23.0. The Hall–Kier alpha value is -2.43. The molecule has 0 aromatic heterocycles. The highest BCUT2D eigenvalue weighted by Crippen LogP contribution is 2.19. The molecule has 2 N–H and O–H groups in total. The van der Waals surface area contributed by atoms with Crippen molar-refractivity contribution in [2.45, 2.75) is 49.1 Å². The second-order valence-corrected chi connectivity index (χ2v) is 9.86. The first kappa shape index (κ1) is 24.8. The lowest BCUT2D eigenvalue weighted by Crippen LogP contribution is -2.30. The molecule has 31 heavy (non-hydrogen) atoms. The van der Waals surface area contributed by atoms with Crippen molar-refractivity contribution in [3.05, 3.63) is 54.3 Å². The number of rotatable bonds is 10. The molecular formula is C21H25FN2O5S2. The molecule has 0 bridgehead atoms. The van der Waals surface area contributed by atoms with Gasteiger partial charge in [0, 0.05) is 22.4 Å². The van der Waals surface area contributed by atoms with Crippen LogP contribution in [-0.4, -0.2) is 38.2 Å². The highest BCUT2D eigenvalue weighted by atomic mass is 32.2. The van der Waals surface area contributed by atoms with Crippen molar-refractivity contribution >= 4 is 39.3 Å². The molecule has 1 amide bonds. The van der Waals surface area contributed by atoms with Crippen molar-refractivity contribution in [2.75, 3.05) is 11.1 Å². The number of benzene rings is 2. The number of amides is 1. The molecule has 168 valence electrons. The number of sulfonamides is 1. The van der Waals surface area contributed by atoms with E-state index in [0.29, 0.717) is 11.4 Å². The molecule has 2 aromatic rings. The molecule has 1 atom stereocenters. The van der Waals surface area contributed by atoms with E-state index >= 15 is 0 Å². The van der Waals surface area contributed by atoms with Crippen LogP contribution in [0.1, 0.15) is 27.2 Å². The van der Waals surface area contributed by atoms with Gasteiger partial charge in [-0.05, 0) is 69.3 Å². The summed E-state index contributed by atoms with van der Waals surface area (Å²) in [7, 11) is -3.62. The molecule has 0 aliphatic rings. The summed E-state index contributed by atoms with van der Waals surface area (Å²) in [4.78, 5) is 25.1. The van der Waals surface area contributed by atoms with E-state index < -0.39 is 28.0 Å². The van der Waals surface area contributed by atoms with Gasteiger partial charge in [0.25, 0.3) is 5.91 Å². The Morgan fingerprint density at radius 3 is 2.23 bits per heavy atom. The Kier molecular flexibility index (Phi) is 9.02. The standard InChI is InChI=1S/C21H25FN2O5S2/c1-14(2)24-31(27,28)19-10-6-17(7-11-19)23-21(26)15(3)29-20(25)12-13-30-18-8-4-16(22)5-9-18/h4-11,14-15,24H,12-13H2,1-3H3,(H,23,26). The molecular weight excluding hydrogens is 443 g/mol. The molecule has 2 aromatic carbocycles. The highest BCUT2D eigenvalue weighted by Gasteiger charge is 2.19. The van der Waals surface area contributed by atoms with Crippen molar-refractivity contribution in [3.8, 4) is 0 Å². The summed E-state index contributed by atoms with van der Waals surface area (Å²) >= 11 is 1.38.